The highest BCUT2D eigenvalue weighted by Gasteiger charge is 2.34. The van der Waals surface area contributed by atoms with Gasteiger partial charge in [-0.1, -0.05) is 29.8 Å². The third kappa shape index (κ3) is 9.21. The highest BCUT2D eigenvalue weighted by Crippen LogP contribution is 2.22. The molecule has 1 fully saturated rings. The molecule has 1 aromatic heterocycles. The number of rotatable bonds is 12. The molecule has 5 N–H and O–H groups in total. The minimum atomic E-state index is -3.77. The number of nitrogens with two attached hydrogens (primary N) is 1. The van der Waals surface area contributed by atoms with Crippen molar-refractivity contribution in [3.63, 3.8) is 0 Å². The first-order chi connectivity index (χ1) is 21.8. The molecule has 1 saturated heterocycles. The van der Waals surface area contributed by atoms with E-state index in [-0.39, 0.29) is 37.5 Å². The minimum Gasteiger partial charge on any atom is -0.458 e. The van der Waals surface area contributed by atoms with Crippen molar-refractivity contribution in [2.45, 2.75) is 69.0 Å². The van der Waals surface area contributed by atoms with Crippen LogP contribution in [0.4, 0.5) is 4.79 Å². The number of amides is 3. The molecule has 2 unspecified atom stereocenters. The van der Waals surface area contributed by atoms with Gasteiger partial charge in [-0.25, -0.2) is 18.0 Å². The monoisotopic (exact) mass is 674 g/mol. The molecule has 2 atom stereocenters. The number of sulfonamides is 1. The molecule has 0 radical (unpaired) electrons. The molecular formula is C32H43ClN6O6S. The number of ether oxygens (including phenoxy) is 1. The number of H-pyrrole nitrogens is 1. The van der Waals surface area contributed by atoms with Gasteiger partial charge >= 0.3 is 12.0 Å². The van der Waals surface area contributed by atoms with E-state index >= 15 is 0 Å². The van der Waals surface area contributed by atoms with Crippen molar-refractivity contribution in [1.82, 2.24) is 24.8 Å². The Morgan fingerprint density at radius 3 is 2.30 bits per heavy atom. The molecule has 14 heteroatoms. The highest BCUT2D eigenvalue weighted by molar-refractivity contribution is 7.89. The Kier molecular flexibility index (Phi) is 11.7. The maximum absolute atomic E-state index is 13.8. The van der Waals surface area contributed by atoms with Crippen molar-refractivity contribution in [1.29, 1.82) is 0 Å². The number of piperazine rings is 1. The number of nitrogens with one attached hydrogen (secondary N) is 3. The molecule has 46 heavy (non-hydrogen) atoms. The van der Waals surface area contributed by atoms with E-state index in [0.29, 0.717) is 30.8 Å². The van der Waals surface area contributed by atoms with Crippen LogP contribution in [-0.4, -0.2) is 90.9 Å². The van der Waals surface area contributed by atoms with Gasteiger partial charge in [-0.2, -0.15) is 4.31 Å². The number of fused-ring (bicyclic) bond motifs is 1. The standard InChI is InChI=1S/C32H43ClN6O6S/c1-32(2,3)45-30(41)27(10-6-7-15-34)36-29(40)28(20-22-21-35-26-9-5-4-8-25(22)26)37-31(42)38-16-18-39(19-17-38)46(43,44)24-13-11-23(33)12-14-24/h4-5,8-9,11-14,21,27-28,35H,6-7,10,15-20,34H2,1-3H3,(H,36,40)(H,37,42). The van der Waals surface area contributed by atoms with Gasteiger partial charge in [-0.15, -0.1) is 0 Å². The van der Waals surface area contributed by atoms with Gasteiger partial charge in [-0.05, 0) is 82.5 Å². The van der Waals surface area contributed by atoms with E-state index in [1.54, 1.807) is 27.0 Å². The molecule has 250 valence electrons. The second-order valence-corrected chi connectivity index (χ2v) is 14.7. The summed E-state index contributed by atoms with van der Waals surface area (Å²) in [4.78, 5) is 45.2. The number of aromatic nitrogens is 1. The van der Waals surface area contributed by atoms with Gasteiger partial charge in [0.1, 0.15) is 17.7 Å². The number of aromatic amines is 1. The largest absolute Gasteiger partial charge is 0.458 e. The van der Waals surface area contributed by atoms with Crippen molar-refractivity contribution in [2.24, 2.45) is 5.73 Å². The molecule has 4 rings (SSSR count). The van der Waals surface area contributed by atoms with Gasteiger partial charge in [0.2, 0.25) is 15.9 Å². The molecule has 3 amide bonds. The van der Waals surface area contributed by atoms with Crippen LogP contribution in [0.15, 0.2) is 59.6 Å². The van der Waals surface area contributed by atoms with Crippen LogP contribution < -0.4 is 16.4 Å². The van der Waals surface area contributed by atoms with E-state index in [0.717, 1.165) is 16.5 Å². The molecule has 0 aliphatic carbocycles. The molecule has 1 aliphatic rings. The summed E-state index contributed by atoms with van der Waals surface area (Å²) in [5.74, 6) is -1.10. The van der Waals surface area contributed by atoms with E-state index in [2.05, 4.69) is 15.6 Å². The van der Waals surface area contributed by atoms with E-state index in [1.165, 1.54) is 33.5 Å². The zero-order chi connectivity index (χ0) is 33.5. The smallest absolute Gasteiger partial charge is 0.329 e. The van der Waals surface area contributed by atoms with Crippen LogP contribution in [0.5, 0.6) is 0 Å². The van der Waals surface area contributed by atoms with E-state index < -0.39 is 45.6 Å². The number of unbranched alkanes of at least 4 members (excludes halogenated alkanes) is 1. The second kappa shape index (κ2) is 15.3. The molecule has 0 saturated carbocycles. The molecule has 1 aliphatic heterocycles. The van der Waals surface area contributed by atoms with Gasteiger partial charge < -0.3 is 31.0 Å². The Bertz CT molecular complexity index is 1610. The van der Waals surface area contributed by atoms with E-state index in [1.807, 2.05) is 24.3 Å². The number of nitrogens with zero attached hydrogens (tertiary/aromatic N) is 2. The summed E-state index contributed by atoms with van der Waals surface area (Å²) < 4.78 is 33.2. The van der Waals surface area contributed by atoms with Gasteiger partial charge in [0.05, 0.1) is 4.90 Å². The second-order valence-electron chi connectivity index (χ2n) is 12.3. The first-order valence-corrected chi connectivity index (χ1v) is 17.2. The predicted molar refractivity (Wildman–Crippen MR) is 177 cm³/mol. The number of benzene rings is 2. The van der Waals surface area contributed by atoms with Crippen LogP contribution >= 0.6 is 11.6 Å². The predicted octanol–water partition coefficient (Wildman–Crippen LogP) is 3.40. The normalized spacial score (nSPS) is 15.7. The van der Waals surface area contributed by atoms with Crippen molar-refractivity contribution < 1.29 is 27.5 Å². The topological polar surface area (TPSA) is 167 Å². The number of carbonyl (C=O) groups is 3. The van der Waals surface area contributed by atoms with Crippen LogP contribution in [0.1, 0.15) is 45.6 Å². The lowest BCUT2D eigenvalue weighted by molar-refractivity contribution is -0.159. The van der Waals surface area contributed by atoms with Crippen molar-refractivity contribution in [3.05, 3.63) is 65.3 Å². The number of halogens is 1. The lowest BCUT2D eigenvalue weighted by Crippen LogP contribution is -2.58. The third-order valence-electron chi connectivity index (χ3n) is 7.65. The molecule has 12 nitrogen and oxygen atoms in total. The number of hydrogen-bond donors (Lipinski definition) is 4. The molecular weight excluding hydrogens is 632 g/mol. The van der Waals surface area contributed by atoms with Crippen LogP contribution in [-0.2, 0) is 30.8 Å². The molecule has 3 aromatic rings. The zero-order valence-electron chi connectivity index (χ0n) is 26.4. The Morgan fingerprint density at radius 1 is 0.978 bits per heavy atom. The van der Waals surface area contributed by atoms with Crippen molar-refractivity contribution >= 4 is 50.4 Å². The quantitative estimate of drug-likeness (QED) is 0.169. The summed E-state index contributed by atoms with van der Waals surface area (Å²) in [5.41, 5.74) is 6.60. The van der Waals surface area contributed by atoms with Gasteiger partial charge in [0.25, 0.3) is 0 Å². The number of carbonyl (C=O) groups excluding carboxylic acids is 3. The number of esters is 1. The summed E-state index contributed by atoms with van der Waals surface area (Å²) in [6.07, 6.45) is 3.55. The van der Waals surface area contributed by atoms with Gasteiger partial charge in [-0.3, -0.25) is 4.79 Å². The lowest BCUT2D eigenvalue weighted by atomic mass is 10.0. The van der Waals surface area contributed by atoms with Gasteiger partial charge in [0, 0.05) is 54.7 Å². The number of para-hydroxylation sites is 1. The Hall–Kier alpha value is -3.65. The fourth-order valence-corrected chi connectivity index (χ4v) is 6.79. The molecule has 0 spiro atoms. The van der Waals surface area contributed by atoms with Crippen LogP contribution in [0.3, 0.4) is 0 Å². The first kappa shape index (κ1) is 35.2. The molecule has 0 bridgehead atoms. The maximum Gasteiger partial charge on any atom is 0.329 e. The maximum atomic E-state index is 13.8. The van der Waals surface area contributed by atoms with Crippen molar-refractivity contribution in [3.8, 4) is 0 Å². The zero-order valence-corrected chi connectivity index (χ0v) is 28.0. The van der Waals surface area contributed by atoms with Crippen molar-refractivity contribution in [2.75, 3.05) is 32.7 Å². The first-order valence-electron chi connectivity index (χ1n) is 15.4. The van der Waals surface area contributed by atoms with Crippen LogP contribution in [0.2, 0.25) is 5.02 Å². The fourth-order valence-electron chi connectivity index (χ4n) is 5.24. The summed E-state index contributed by atoms with van der Waals surface area (Å²) in [6.45, 7) is 6.12. The minimum absolute atomic E-state index is 0.0829. The summed E-state index contributed by atoms with van der Waals surface area (Å²) in [5, 5.41) is 7.00. The average Bonchev–Trinajstić information content (AvgIpc) is 3.42. The Balaban J connectivity index is 1.49. The third-order valence-corrected chi connectivity index (χ3v) is 9.81. The van der Waals surface area contributed by atoms with E-state index in [4.69, 9.17) is 22.1 Å². The summed E-state index contributed by atoms with van der Waals surface area (Å²) in [7, 11) is -3.77. The number of urea groups is 1. The highest BCUT2D eigenvalue weighted by atomic mass is 35.5. The number of hydrogen-bond acceptors (Lipinski definition) is 7. The average molecular weight is 675 g/mol. The van der Waals surface area contributed by atoms with E-state index in [9.17, 15) is 22.8 Å². The summed E-state index contributed by atoms with van der Waals surface area (Å²) >= 11 is 5.92. The molecule has 2 heterocycles. The van der Waals surface area contributed by atoms with Crippen LogP contribution in [0, 0.1) is 0 Å². The SMILES string of the molecule is CC(C)(C)OC(=O)C(CCCCN)NC(=O)C(Cc1c[nH]c2ccccc12)NC(=O)N1CCN(S(=O)(=O)c2ccc(Cl)cc2)CC1. The van der Waals surface area contributed by atoms with Crippen LogP contribution in [0.25, 0.3) is 10.9 Å². The Labute approximate surface area is 275 Å². The molecule has 2 aromatic carbocycles. The fraction of sp³-hybridized carbons (Fsp3) is 0.469. The summed E-state index contributed by atoms with van der Waals surface area (Å²) in [6, 6.07) is 11.1. The lowest BCUT2D eigenvalue weighted by Gasteiger charge is -2.35. The Morgan fingerprint density at radius 2 is 1.65 bits per heavy atom. The van der Waals surface area contributed by atoms with Gasteiger partial charge in [0.15, 0.2) is 0 Å².